The van der Waals surface area contributed by atoms with Gasteiger partial charge in [0.2, 0.25) is 0 Å². The van der Waals surface area contributed by atoms with Gasteiger partial charge < -0.3 is 9.64 Å². The molecule has 3 aromatic carbocycles. The lowest BCUT2D eigenvalue weighted by Gasteiger charge is -2.39. The predicted molar refractivity (Wildman–Crippen MR) is 126 cm³/mol. The van der Waals surface area contributed by atoms with Crippen molar-refractivity contribution in [2.24, 2.45) is 0 Å². The van der Waals surface area contributed by atoms with Crippen molar-refractivity contribution >= 4 is 5.78 Å². The molecular weight excluding hydrogens is 458 g/mol. The fraction of sp³-hybridized carbons (Fsp3) is 0.321. The number of likely N-dealkylation sites (tertiary alicyclic amines) is 1. The molecule has 2 unspecified atom stereocenters. The Labute approximate surface area is 202 Å². The molecule has 1 aliphatic heterocycles. The average Bonchev–Trinajstić information content (AvgIpc) is 2.85. The second-order valence-electron chi connectivity index (χ2n) is 8.82. The van der Waals surface area contributed by atoms with Gasteiger partial charge in [0.15, 0.2) is 5.78 Å². The van der Waals surface area contributed by atoms with E-state index >= 15 is 0 Å². The molecule has 0 N–H and O–H groups in total. The number of rotatable bonds is 8. The highest BCUT2D eigenvalue weighted by Gasteiger charge is 2.33. The van der Waals surface area contributed by atoms with Crippen LogP contribution < -0.4 is 4.74 Å². The Kier molecular flexibility index (Phi) is 7.86. The summed E-state index contributed by atoms with van der Waals surface area (Å²) in [4.78, 5) is 14.7. The number of alkyl halides is 3. The van der Waals surface area contributed by atoms with Crippen LogP contribution in [0.25, 0.3) is 0 Å². The molecule has 184 valence electrons. The molecule has 0 amide bonds. The molecule has 1 saturated heterocycles. The van der Waals surface area contributed by atoms with Crippen LogP contribution in [0.15, 0.2) is 78.9 Å². The number of carbonyl (C=O) groups is 1. The lowest BCUT2D eigenvalue weighted by Crippen LogP contribution is -2.44. The van der Waals surface area contributed by atoms with E-state index in [4.69, 9.17) is 4.74 Å². The van der Waals surface area contributed by atoms with Crippen molar-refractivity contribution in [2.75, 3.05) is 19.6 Å². The van der Waals surface area contributed by atoms with Gasteiger partial charge in [-0.15, -0.1) is 0 Å². The van der Waals surface area contributed by atoms with E-state index in [1.165, 1.54) is 36.4 Å². The van der Waals surface area contributed by atoms with Gasteiger partial charge in [-0.2, -0.15) is 13.2 Å². The second-order valence-corrected chi connectivity index (χ2v) is 8.82. The maximum atomic E-state index is 13.1. The number of halogens is 4. The molecule has 0 aromatic heterocycles. The molecule has 1 fully saturated rings. The smallest absolute Gasteiger partial charge is 0.416 e. The first-order valence-electron chi connectivity index (χ1n) is 11.7. The van der Waals surface area contributed by atoms with E-state index in [2.05, 4.69) is 4.90 Å². The SMILES string of the molecule is O=C(CCCN1CCC(Oc2ccc(C(F)(F)F)cc2)C(c2ccccc2)C1)c1ccc(F)cc1. The number of hydrogen-bond acceptors (Lipinski definition) is 3. The maximum absolute atomic E-state index is 13.1. The van der Waals surface area contributed by atoms with Crippen LogP contribution in [0.4, 0.5) is 17.6 Å². The number of hydrogen-bond donors (Lipinski definition) is 0. The molecule has 1 aliphatic rings. The van der Waals surface area contributed by atoms with E-state index in [-0.39, 0.29) is 23.6 Å². The summed E-state index contributed by atoms with van der Waals surface area (Å²) in [6.07, 6.45) is -2.78. The lowest BCUT2D eigenvalue weighted by molar-refractivity contribution is -0.137. The summed E-state index contributed by atoms with van der Waals surface area (Å²) in [5.74, 6) is 0.0855. The van der Waals surface area contributed by atoms with E-state index in [9.17, 15) is 22.4 Å². The molecule has 0 aliphatic carbocycles. The number of Topliss-reactive ketones (excluding diaryl/α,β-unsaturated/α-hetero) is 1. The molecule has 0 spiro atoms. The van der Waals surface area contributed by atoms with Crippen LogP contribution in [0.5, 0.6) is 5.75 Å². The zero-order valence-electron chi connectivity index (χ0n) is 19.2. The highest BCUT2D eigenvalue weighted by molar-refractivity contribution is 5.95. The minimum Gasteiger partial charge on any atom is -0.490 e. The minimum atomic E-state index is -4.38. The van der Waals surface area contributed by atoms with Crippen molar-refractivity contribution < 1.29 is 27.1 Å². The second kappa shape index (κ2) is 11.0. The molecule has 4 rings (SSSR count). The third kappa shape index (κ3) is 6.69. The van der Waals surface area contributed by atoms with Crippen LogP contribution in [0.2, 0.25) is 0 Å². The first-order chi connectivity index (χ1) is 16.8. The molecule has 3 aromatic rings. The number of piperidine rings is 1. The summed E-state index contributed by atoms with van der Waals surface area (Å²) in [7, 11) is 0. The third-order valence-electron chi connectivity index (χ3n) is 6.37. The molecule has 3 nitrogen and oxygen atoms in total. The molecule has 0 radical (unpaired) electrons. The molecular formula is C28H27F4NO2. The zero-order chi connectivity index (χ0) is 24.8. The molecule has 7 heteroatoms. The quantitative estimate of drug-likeness (QED) is 0.261. The van der Waals surface area contributed by atoms with E-state index in [0.717, 1.165) is 37.3 Å². The van der Waals surface area contributed by atoms with E-state index < -0.39 is 11.7 Å². The summed E-state index contributed by atoms with van der Waals surface area (Å²) in [6.45, 7) is 2.22. The third-order valence-corrected chi connectivity index (χ3v) is 6.37. The Bertz CT molecular complexity index is 1100. The van der Waals surface area contributed by atoms with Gasteiger partial charge in [0.05, 0.1) is 5.56 Å². The molecule has 2 atom stereocenters. The minimum absolute atomic E-state index is 0.00914. The first-order valence-corrected chi connectivity index (χ1v) is 11.7. The largest absolute Gasteiger partial charge is 0.490 e. The van der Waals surface area contributed by atoms with E-state index in [1.807, 2.05) is 30.3 Å². The van der Waals surface area contributed by atoms with Crippen molar-refractivity contribution in [1.29, 1.82) is 0 Å². The van der Waals surface area contributed by atoms with Crippen LogP contribution >= 0.6 is 0 Å². The zero-order valence-corrected chi connectivity index (χ0v) is 19.2. The number of ether oxygens (including phenoxy) is 1. The van der Waals surface area contributed by atoms with E-state index in [0.29, 0.717) is 30.6 Å². The lowest BCUT2D eigenvalue weighted by atomic mass is 9.87. The fourth-order valence-electron chi connectivity index (χ4n) is 4.50. The maximum Gasteiger partial charge on any atom is 0.416 e. The molecule has 0 bridgehead atoms. The van der Waals surface area contributed by atoms with Crippen molar-refractivity contribution in [3.05, 3.63) is 101 Å². The first kappa shape index (κ1) is 24.9. The van der Waals surface area contributed by atoms with Crippen molar-refractivity contribution in [3.8, 4) is 5.75 Å². The topological polar surface area (TPSA) is 29.5 Å². The van der Waals surface area contributed by atoms with Crippen molar-refractivity contribution in [3.63, 3.8) is 0 Å². The Hall–Kier alpha value is -3.19. The predicted octanol–water partition coefficient (Wildman–Crippen LogP) is 6.74. The van der Waals surface area contributed by atoms with Crippen LogP contribution in [0, 0.1) is 5.82 Å². The van der Waals surface area contributed by atoms with Gasteiger partial charge in [-0.05, 0) is 73.5 Å². The molecule has 0 saturated carbocycles. The number of benzene rings is 3. The van der Waals surface area contributed by atoms with Crippen LogP contribution in [-0.4, -0.2) is 36.4 Å². The molecule has 35 heavy (non-hydrogen) atoms. The summed E-state index contributed by atoms with van der Waals surface area (Å²) in [6, 6.07) is 20.4. The Morgan fingerprint density at radius 3 is 2.29 bits per heavy atom. The van der Waals surface area contributed by atoms with Crippen molar-refractivity contribution in [1.82, 2.24) is 4.90 Å². The van der Waals surface area contributed by atoms with Crippen molar-refractivity contribution in [2.45, 2.75) is 37.5 Å². The van der Waals surface area contributed by atoms with Gasteiger partial charge in [0, 0.05) is 31.0 Å². The Morgan fingerprint density at radius 2 is 1.63 bits per heavy atom. The van der Waals surface area contributed by atoms with Gasteiger partial charge in [-0.1, -0.05) is 30.3 Å². The van der Waals surface area contributed by atoms with Crippen LogP contribution in [0.1, 0.15) is 46.7 Å². The van der Waals surface area contributed by atoms with Gasteiger partial charge in [0.1, 0.15) is 17.7 Å². The van der Waals surface area contributed by atoms with Gasteiger partial charge in [-0.25, -0.2) is 4.39 Å². The summed E-state index contributed by atoms with van der Waals surface area (Å²) in [5.41, 5.74) is 0.920. The highest BCUT2D eigenvalue weighted by atomic mass is 19.4. The summed E-state index contributed by atoms with van der Waals surface area (Å²) >= 11 is 0. The number of nitrogens with zero attached hydrogens (tertiary/aromatic N) is 1. The van der Waals surface area contributed by atoms with Gasteiger partial charge >= 0.3 is 6.18 Å². The van der Waals surface area contributed by atoms with E-state index in [1.54, 1.807) is 0 Å². The standard InChI is InChI=1S/C28H27F4NO2/c29-23-12-8-21(9-13-23)26(34)7-4-17-33-18-16-27(25(19-33)20-5-2-1-3-6-20)35-24-14-10-22(11-15-24)28(30,31)32/h1-3,5-6,8-15,25,27H,4,7,16-19H2. The Morgan fingerprint density at radius 1 is 0.943 bits per heavy atom. The summed E-state index contributed by atoms with van der Waals surface area (Å²) < 4.78 is 57.9. The van der Waals surface area contributed by atoms with Gasteiger partial charge in [-0.3, -0.25) is 4.79 Å². The monoisotopic (exact) mass is 485 g/mol. The molecule has 1 heterocycles. The fourth-order valence-corrected chi connectivity index (χ4v) is 4.50. The number of ketones is 1. The number of carbonyl (C=O) groups excluding carboxylic acids is 1. The van der Waals surface area contributed by atoms with Crippen LogP contribution in [0.3, 0.4) is 0 Å². The van der Waals surface area contributed by atoms with Gasteiger partial charge in [0.25, 0.3) is 0 Å². The highest BCUT2D eigenvalue weighted by Crippen LogP contribution is 2.33. The normalized spacial score (nSPS) is 18.9. The average molecular weight is 486 g/mol. The Balaban J connectivity index is 1.38. The summed E-state index contributed by atoms with van der Waals surface area (Å²) in [5, 5.41) is 0. The van der Waals surface area contributed by atoms with Crippen LogP contribution in [-0.2, 0) is 6.18 Å².